The van der Waals surface area contributed by atoms with E-state index in [0.717, 1.165) is 37.9 Å². The average molecular weight is 452 g/mol. The van der Waals surface area contributed by atoms with Crippen LogP contribution in [-0.2, 0) is 9.53 Å². The molecule has 0 saturated heterocycles. The van der Waals surface area contributed by atoms with Crippen LogP contribution in [0, 0.1) is 5.41 Å². The topological polar surface area (TPSA) is 92.8 Å². The number of aliphatic carboxylic acids is 1. The number of hydrogen-bond acceptors (Lipinski definition) is 5. The predicted molar refractivity (Wildman–Crippen MR) is 129 cm³/mol. The van der Waals surface area contributed by atoms with Gasteiger partial charge in [0, 0.05) is 12.2 Å². The molecule has 2 fully saturated rings. The van der Waals surface area contributed by atoms with Gasteiger partial charge in [0.1, 0.15) is 5.76 Å². The summed E-state index contributed by atoms with van der Waals surface area (Å²) in [6.45, 7) is 8.19. The summed E-state index contributed by atoms with van der Waals surface area (Å²) in [5.41, 5.74) is 5.16. The maximum atomic E-state index is 11.9. The molecule has 0 aromatic rings. The number of hydrogen-bond donors (Lipinski definition) is 3. The van der Waals surface area contributed by atoms with Crippen molar-refractivity contribution in [1.29, 1.82) is 0 Å². The van der Waals surface area contributed by atoms with Crippen LogP contribution >= 0.6 is 11.8 Å². The number of carbonyl (C=O) groups is 1. The second-order valence-corrected chi connectivity index (χ2v) is 10.5. The van der Waals surface area contributed by atoms with Gasteiger partial charge < -0.3 is 20.7 Å². The number of allylic oxidation sites excluding steroid dienone is 3. The van der Waals surface area contributed by atoms with Crippen molar-refractivity contribution in [3.05, 3.63) is 36.1 Å². The molecule has 4 N–H and O–H groups in total. The number of nitrogens with two attached hydrogens (primary N) is 1. The first-order valence-electron chi connectivity index (χ1n) is 11.8. The molecule has 176 valence electrons. The molecule has 0 radical (unpaired) electrons. The highest BCUT2D eigenvalue weighted by Gasteiger charge is 2.45. The Hall–Kier alpha value is -1.24. The summed E-state index contributed by atoms with van der Waals surface area (Å²) in [5.74, 6) is 0.652. The van der Waals surface area contributed by atoms with Crippen LogP contribution < -0.4 is 5.73 Å². The summed E-state index contributed by atoms with van der Waals surface area (Å²) in [4.78, 5) is 11.9. The van der Waals surface area contributed by atoms with E-state index in [4.69, 9.17) is 10.5 Å². The molecule has 5 nitrogen and oxygen atoms in total. The van der Waals surface area contributed by atoms with Gasteiger partial charge in [-0.1, -0.05) is 32.9 Å². The summed E-state index contributed by atoms with van der Waals surface area (Å²) in [6.07, 6.45) is 16.1. The van der Waals surface area contributed by atoms with E-state index in [1.54, 1.807) is 17.8 Å². The van der Waals surface area contributed by atoms with Gasteiger partial charge in [0.2, 0.25) is 0 Å². The van der Waals surface area contributed by atoms with Gasteiger partial charge in [-0.15, -0.1) is 0 Å². The number of ether oxygens (including phenoxy) is 1. The summed E-state index contributed by atoms with van der Waals surface area (Å²) < 4.78 is 6.29. The maximum Gasteiger partial charge on any atom is 0.337 e. The van der Waals surface area contributed by atoms with Gasteiger partial charge in [-0.25, -0.2) is 4.79 Å². The number of carboxylic acid groups (broad SMARTS) is 1. The standard InChI is InChI=1S/C25H41NO4S/c1-4-6-7-8-21(30-20-9-11-24(12-10-20)13-14-24)16-19(3)17-25(29,23(27)28)22(26)18-31-15-5-2/h7-8,16,20,22,29H,3-6,9-15,17-18,26H2,1-2H3,(H,27,28)/b8-7-,21-16+. The van der Waals surface area contributed by atoms with E-state index in [1.807, 2.05) is 6.08 Å². The van der Waals surface area contributed by atoms with Crippen molar-refractivity contribution in [2.75, 3.05) is 11.5 Å². The fraction of sp³-hybridized carbons (Fsp3) is 0.720. The Morgan fingerprint density at radius 1 is 1.29 bits per heavy atom. The van der Waals surface area contributed by atoms with Crippen molar-refractivity contribution < 1.29 is 19.7 Å². The fourth-order valence-corrected chi connectivity index (χ4v) is 5.12. The summed E-state index contributed by atoms with van der Waals surface area (Å²) in [6, 6.07) is -0.875. The van der Waals surface area contributed by atoms with E-state index < -0.39 is 17.6 Å². The third kappa shape index (κ3) is 7.99. The molecular formula is C25H41NO4S. The molecular weight excluding hydrogens is 410 g/mol. The molecule has 0 aromatic heterocycles. The van der Waals surface area contributed by atoms with Crippen LogP contribution in [0.1, 0.15) is 78.1 Å². The van der Waals surface area contributed by atoms with Crippen molar-refractivity contribution >= 4 is 17.7 Å². The minimum absolute atomic E-state index is 0.127. The molecule has 2 aliphatic carbocycles. The lowest BCUT2D eigenvalue weighted by atomic mass is 9.84. The zero-order chi connectivity index (χ0) is 22.9. The Morgan fingerprint density at radius 2 is 1.97 bits per heavy atom. The van der Waals surface area contributed by atoms with Crippen molar-refractivity contribution in [2.24, 2.45) is 11.1 Å². The Kier molecular flexibility index (Phi) is 10.2. The lowest BCUT2D eigenvalue weighted by Gasteiger charge is -2.31. The minimum Gasteiger partial charge on any atom is -0.490 e. The Labute approximate surface area is 192 Å². The van der Waals surface area contributed by atoms with Crippen LogP contribution in [-0.4, -0.2) is 45.4 Å². The molecule has 0 amide bonds. The third-order valence-electron chi connectivity index (χ3n) is 6.46. The molecule has 31 heavy (non-hydrogen) atoms. The van der Waals surface area contributed by atoms with Gasteiger partial charge in [0.05, 0.1) is 12.1 Å². The van der Waals surface area contributed by atoms with Gasteiger partial charge in [0.25, 0.3) is 0 Å². The van der Waals surface area contributed by atoms with Crippen LogP contribution in [0.15, 0.2) is 36.1 Å². The Balaban J connectivity index is 2.04. The zero-order valence-electron chi connectivity index (χ0n) is 19.3. The quantitative estimate of drug-likeness (QED) is 0.191. The predicted octanol–water partition coefficient (Wildman–Crippen LogP) is 5.20. The number of thioether (sulfide) groups is 1. The van der Waals surface area contributed by atoms with E-state index in [1.165, 1.54) is 25.7 Å². The minimum atomic E-state index is -2.05. The highest BCUT2D eigenvalue weighted by atomic mass is 32.2. The van der Waals surface area contributed by atoms with Crippen LogP contribution in [0.3, 0.4) is 0 Å². The molecule has 2 saturated carbocycles. The molecule has 1 spiro atoms. The molecule has 0 bridgehead atoms. The van der Waals surface area contributed by atoms with Crippen LogP contribution in [0.2, 0.25) is 0 Å². The van der Waals surface area contributed by atoms with Crippen LogP contribution in [0.4, 0.5) is 0 Å². The smallest absolute Gasteiger partial charge is 0.337 e. The van der Waals surface area contributed by atoms with Gasteiger partial charge in [-0.2, -0.15) is 11.8 Å². The molecule has 0 heterocycles. The van der Waals surface area contributed by atoms with Crippen molar-refractivity contribution in [3.63, 3.8) is 0 Å². The first-order chi connectivity index (χ1) is 14.7. The molecule has 2 aliphatic rings. The zero-order valence-corrected chi connectivity index (χ0v) is 20.1. The highest BCUT2D eigenvalue weighted by molar-refractivity contribution is 7.99. The summed E-state index contributed by atoms with van der Waals surface area (Å²) >= 11 is 1.56. The first kappa shape index (κ1) is 26.0. The van der Waals surface area contributed by atoms with Gasteiger partial charge in [-0.3, -0.25) is 0 Å². The van der Waals surface area contributed by atoms with Crippen molar-refractivity contribution in [3.8, 4) is 0 Å². The normalized spacial score (nSPS) is 21.7. The number of aliphatic hydroxyl groups is 1. The number of rotatable bonds is 14. The van der Waals surface area contributed by atoms with E-state index in [2.05, 4.69) is 26.5 Å². The third-order valence-corrected chi connectivity index (χ3v) is 7.75. The van der Waals surface area contributed by atoms with Crippen molar-refractivity contribution in [2.45, 2.75) is 95.8 Å². The monoisotopic (exact) mass is 451 g/mol. The molecule has 6 heteroatoms. The van der Waals surface area contributed by atoms with E-state index in [9.17, 15) is 15.0 Å². The van der Waals surface area contributed by atoms with E-state index in [-0.39, 0.29) is 12.5 Å². The first-order valence-corrected chi connectivity index (χ1v) is 12.9. The molecule has 0 aliphatic heterocycles. The van der Waals surface area contributed by atoms with Gasteiger partial charge in [-0.05, 0) is 80.3 Å². The Morgan fingerprint density at radius 3 is 2.52 bits per heavy atom. The summed E-state index contributed by atoms with van der Waals surface area (Å²) in [7, 11) is 0. The SMILES string of the molecule is C=C(/C=C(\C=C/CCC)OC1CCC2(CC1)CC2)CC(O)(C(=O)O)C(N)CSCCC. The number of unbranched alkanes of at least 4 members (excludes halogenated alkanes) is 1. The summed E-state index contributed by atoms with van der Waals surface area (Å²) in [5, 5.41) is 20.5. The van der Waals surface area contributed by atoms with Crippen molar-refractivity contribution in [1.82, 2.24) is 0 Å². The molecule has 2 atom stereocenters. The van der Waals surface area contributed by atoms with Crippen LogP contribution in [0.5, 0.6) is 0 Å². The maximum absolute atomic E-state index is 11.9. The lowest BCUT2D eigenvalue weighted by Crippen LogP contribution is -2.55. The lowest BCUT2D eigenvalue weighted by molar-refractivity contribution is -0.160. The molecule has 2 rings (SSSR count). The average Bonchev–Trinajstić information content (AvgIpc) is 3.48. The second-order valence-electron chi connectivity index (χ2n) is 9.30. The highest BCUT2D eigenvalue weighted by Crippen LogP contribution is 2.56. The van der Waals surface area contributed by atoms with E-state index >= 15 is 0 Å². The van der Waals surface area contributed by atoms with Gasteiger partial charge >= 0.3 is 5.97 Å². The largest absolute Gasteiger partial charge is 0.490 e. The van der Waals surface area contributed by atoms with Gasteiger partial charge in [0.15, 0.2) is 5.60 Å². The second kappa shape index (κ2) is 12.1. The van der Waals surface area contributed by atoms with Crippen LogP contribution in [0.25, 0.3) is 0 Å². The van der Waals surface area contributed by atoms with E-state index in [0.29, 0.717) is 22.5 Å². The number of carboxylic acids is 1. The molecule has 0 aromatic carbocycles. The Bertz CT molecular complexity index is 660. The fourth-order valence-electron chi connectivity index (χ4n) is 4.13. The molecule has 2 unspecified atom stereocenters.